The number of nitrogens with zero attached hydrogens (tertiary/aromatic N) is 1. The highest BCUT2D eigenvalue weighted by Gasteiger charge is 2.31. The molecule has 1 heterocycles. The predicted octanol–water partition coefficient (Wildman–Crippen LogP) is 2.24. The first-order valence-corrected chi connectivity index (χ1v) is 5.00. The van der Waals surface area contributed by atoms with Gasteiger partial charge >= 0.3 is 0 Å². The number of ether oxygens (including phenoxy) is 1. The molecule has 13 heavy (non-hydrogen) atoms. The monoisotopic (exact) mass is 203 g/mol. The third-order valence-corrected chi connectivity index (χ3v) is 2.42. The fourth-order valence-corrected chi connectivity index (χ4v) is 1.73. The van der Waals surface area contributed by atoms with Crippen LogP contribution in [0.5, 0.6) is 0 Å². The van der Waals surface area contributed by atoms with E-state index < -0.39 is 0 Å². The topological polar surface area (TPSA) is 12.5 Å². The summed E-state index contributed by atoms with van der Waals surface area (Å²) in [6, 6.07) is 0.434. The zero-order valence-electron chi connectivity index (χ0n) is 8.64. The van der Waals surface area contributed by atoms with E-state index in [1.165, 1.54) is 0 Å². The van der Waals surface area contributed by atoms with Crippen LogP contribution >= 0.6 is 11.6 Å². The fraction of sp³-hybridized carbons (Fsp3) is 0.800. The van der Waals surface area contributed by atoms with Crippen LogP contribution in [0.4, 0.5) is 0 Å². The zero-order valence-corrected chi connectivity index (χ0v) is 9.40. The van der Waals surface area contributed by atoms with Crippen LogP contribution in [0.3, 0.4) is 0 Å². The van der Waals surface area contributed by atoms with Gasteiger partial charge in [0.1, 0.15) is 0 Å². The van der Waals surface area contributed by atoms with Crippen LogP contribution in [0.1, 0.15) is 20.8 Å². The summed E-state index contributed by atoms with van der Waals surface area (Å²) in [4.78, 5) is 2.30. The lowest BCUT2D eigenvalue weighted by atomic mass is 10.1. The summed E-state index contributed by atoms with van der Waals surface area (Å²) in [5.41, 5.74) is -0.0567. The minimum absolute atomic E-state index is 0.0567. The molecule has 0 unspecified atom stereocenters. The summed E-state index contributed by atoms with van der Waals surface area (Å²) >= 11 is 5.79. The minimum Gasteiger partial charge on any atom is -0.373 e. The van der Waals surface area contributed by atoms with Gasteiger partial charge in [-0.1, -0.05) is 18.2 Å². The second-order valence-corrected chi connectivity index (χ2v) is 4.88. The lowest BCUT2D eigenvalue weighted by Crippen LogP contribution is -2.53. The van der Waals surface area contributed by atoms with Crippen LogP contribution in [0.2, 0.25) is 0 Å². The molecular formula is C10H18ClNO. The van der Waals surface area contributed by atoms with Crippen molar-refractivity contribution in [2.24, 2.45) is 0 Å². The molecule has 0 N–H and O–H groups in total. The first-order chi connectivity index (χ1) is 5.91. The number of rotatable bonds is 2. The van der Waals surface area contributed by atoms with Gasteiger partial charge in [-0.2, -0.15) is 0 Å². The Morgan fingerprint density at radius 2 is 2.31 bits per heavy atom. The average Bonchev–Trinajstić information content (AvgIpc) is 1.95. The highest BCUT2D eigenvalue weighted by molar-refractivity contribution is 6.29. The zero-order chi connectivity index (χ0) is 10.1. The van der Waals surface area contributed by atoms with E-state index in [0.29, 0.717) is 11.1 Å². The third-order valence-electron chi connectivity index (χ3n) is 2.30. The van der Waals surface area contributed by atoms with Gasteiger partial charge in [-0.25, -0.2) is 0 Å². The number of halogens is 1. The molecule has 1 aliphatic rings. The molecule has 1 fully saturated rings. The maximum absolute atomic E-state index is 5.79. The summed E-state index contributed by atoms with van der Waals surface area (Å²) in [5, 5.41) is 0.699. The third kappa shape index (κ3) is 3.29. The van der Waals surface area contributed by atoms with Gasteiger partial charge in [-0.05, 0) is 20.8 Å². The average molecular weight is 204 g/mol. The maximum atomic E-state index is 5.79. The van der Waals surface area contributed by atoms with Gasteiger partial charge in [-0.3, -0.25) is 4.90 Å². The van der Waals surface area contributed by atoms with E-state index in [1.54, 1.807) is 0 Å². The molecule has 0 saturated carbocycles. The molecule has 76 valence electrons. The standard InChI is InChI=1S/C10H18ClNO/c1-8(11)5-12-7-10(3,4)13-6-9(12)2/h9H,1,5-7H2,2-4H3/t9-/m0/s1. The van der Waals surface area contributed by atoms with Crippen molar-refractivity contribution in [3.63, 3.8) is 0 Å². The Hall–Kier alpha value is -0.0500. The molecule has 0 aliphatic carbocycles. The van der Waals surface area contributed by atoms with E-state index in [9.17, 15) is 0 Å². The Labute approximate surface area is 85.5 Å². The molecule has 1 atom stereocenters. The van der Waals surface area contributed by atoms with Crippen molar-refractivity contribution in [1.82, 2.24) is 4.90 Å². The molecule has 0 bridgehead atoms. The molecule has 0 aromatic carbocycles. The number of morpholine rings is 1. The van der Waals surface area contributed by atoms with Gasteiger partial charge < -0.3 is 4.74 Å². The molecule has 0 amide bonds. The van der Waals surface area contributed by atoms with Crippen molar-refractivity contribution in [3.05, 3.63) is 11.6 Å². The summed E-state index contributed by atoms with van der Waals surface area (Å²) < 4.78 is 5.67. The first kappa shape index (κ1) is 11.0. The molecule has 1 saturated heterocycles. The van der Waals surface area contributed by atoms with Crippen molar-refractivity contribution >= 4 is 11.6 Å². The maximum Gasteiger partial charge on any atom is 0.0753 e. The smallest absolute Gasteiger partial charge is 0.0753 e. The van der Waals surface area contributed by atoms with Gasteiger partial charge in [0.05, 0.1) is 12.2 Å². The molecule has 0 aromatic rings. The van der Waals surface area contributed by atoms with Crippen LogP contribution in [0.25, 0.3) is 0 Å². The van der Waals surface area contributed by atoms with E-state index in [0.717, 1.165) is 19.7 Å². The van der Waals surface area contributed by atoms with Gasteiger partial charge in [-0.15, -0.1) is 0 Å². The Bertz CT molecular complexity index is 203. The lowest BCUT2D eigenvalue weighted by molar-refractivity contribution is -0.107. The minimum atomic E-state index is -0.0567. The van der Waals surface area contributed by atoms with Crippen LogP contribution in [0.15, 0.2) is 11.6 Å². The molecular weight excluding hydrogens is 186 g/mol. The Kier molecular flexibility index (Phi) is 3.38. The summed E-state index contributed by atoms with van der Waals surface area (Å²) in [7, 11) is 0. The summed E-state index contributed by atoms with van der Waals surface area (Å²) in [6.07, 6.45) is 0. The van der Waals surface area contributed by atoms with Crippen LogP contribution in [0, 0.1) is 0 Å². The Morgan fingerprint density at radius 1 is 1.69 bits per heavy atom. The van der Waals surface area contributed by atoms with Gasteiger partial charge in [0.25, 0.3) is 0 Å². The molecule has 1 aliphatic heterocycles. The van der Waals surface area contributed by atoms with Gasteiger partial charge in [0.2, 0.25) is 0 Å². The van der Waals surface area contributed by atoms with Gasteiger partial charge in [0, 0.05) is 24.2 Å². The van der Waals surface area contributed by atoms with Crippen molar-refractivity contribution < 1.29 is 4.74 Å². The van der Waals surface area contributed by atoms with E-state index >= 15 is 0 Å². The molecule has 0 aromatic heterocycles. The van der Waals surface area contributed by atoms with Gasteiger partial charge in [0.15, 0.2) is 0 Å². The highest BCUT2D eigenvalue weighted by Crippen LogP contribution is 2.21. The van der Waals surface area contributed by atoms with Crippen molar-refractivity contribution in [2.45, 2.75) is 32.4 Å². The fourth-order valence-electron chi connectivity index (χ4n) is 1.57. The van der Waals surface area contributed by atoms with E-state index in [1.807, 2.05) is 0 Å². The number of hydrogen-bond donors (Lipinski definition) is 0. The number of hydrogen-bond acceptors (Lipinski definition) is 2. The summed E-state index contributed by atoms with van der Waals surface area (Å²) in [6.45, 7) is 12.5. The normalized spacial score (nSPS) is 28.8. The molecule has 1 rings (SSSR count). The highest BCUT2D eigenvalue weighted by atomic mass is 35.5. The lowest BCUT2D eigenvalue weighted by Gasteiger charge is -2.42. The molecule has 0 spiro atoms. The molecule has 3 heteroatoms. The first-order valence-electron chi connectivity index (χ1n) is 4.62. The predicted molar refractivity (Wildman–Crippen MR) is 56.1 cm³/mol. The van der Waals surface area contributed by atoms with Crippen LogP contribution in [-0.4, -0.2) is 36.2 Å². The Balaban J connectivity index is 2.55. The second-order valence-electron chi connectivity index (χ2n) is 4.34. The second kappa shape index (κ2) is 3.99. The van der Waals surface area contributed by atoms with E-state index in [-0.39, 0.29) is 5.60 Å². The largest absolute Gasteiger partial charge is 0.373 e. The van der Waals surface area contributed by atoms with E-state index in [4.69, 9.17) is 16.3 Å². The van der Waals surface area contributed by atoms with Crippen LogP contribution in [-0.2, 0) is 4.74 Å². The Morgan fingerprint density at radius 3 is 2.85 bits per heavy atom. The van der Waals surface area contributed by atoms with Crippen molar-refractivity contribution in [1.29, 1.82) is 0 Å². The molecule has 0 radical (unpaired) electrons. The van der Waals surface area contributed by atoms with E-state index in [2.05, 4.69) is 32.3 Å². The summed E-state index contributed by atoms with van der Waals surface area (Å²) in [5.74, 6) is 0. The quantitative estimate of drug-likeness (QED) is 0.683. The van der Waals surface area contributed by atoms with Crippen LogP contribution < -0.4 is 0 Å². The van der Waals surface area contributed by atoms with Crippen molar-refractivity contribution in [2.75, 3.05) is 19.7 Å². The SMILES string of the molecule is C=C(Cl)CN1CC(C)(C)OC[C@@H]1C. The van der Waals surface area contributed by atoms with Crippen molar-refractivity contribution in [3.8, 4) is 0 Å². The molecule has 2 nitrogen and oxygen atoms in total.